The first-order chi connectivity index (χ1) is 13.3. The van der Waals surface area contributed by atoms with Gasteiger partial charge in [-0.1, -0.05) is 39.8 Å². The standard InChI is InChI=1S/C12H18O3S.C8H11NO.C2H6/c1-8(2)6-11(13)10-5-4-9(3)12(7-10)16(14)15;1-9-7-3-5-8(10-2)6-4-7;1-2/h4-5,7-8,11,13H,6H2,1-3H3,(H,14,15);3-6,9H,1-2H3;1-2H3/p-1. The highest BCUT2D eigenvalue weighted by atomic mass is 32.2. The van der Waals surface area contributed by atoms with Crippen LogP contribution in [0.5, 0.6) is 5.75 Å². The Morgan fingerprint density at radius 1 is 1.14 bits per heavy atom. The van der Waals surface area contributed by atoms with Gasteiger partial charge in [0.1, 0.15) is 5.75 Å². The van der Waals surface area contributed by atoms with Crippen molar-refractivity contribution >= 4 is 16.8 Å². The third kappa shape index (κ3) is 9.35. The van der Waals surface area contributed by atoms with Crippen molar-refractivity contribution in [3.8, 4) is 5.75 Å². The third-order valence-electron chi connectivity index (χ3n) is 3.85. The number of nitrogens with one attached hydrogen (secondary N) is 1. The SMILES string of the molecule is CC.CNc1ccc(OC)cc1.Cc1ccc(C(O)CC(C)C)cc1S(=O)[O-]. The molecule has 0 aliphatic rings. The van der Waals surface area contributed by atoms with Crippen LogP contribution in [-0.2, 0) is 11.1 Å². The molecular formula is C22H34NO4S-. The van der Waals surface area contributed by atoms with Crippen molar-refractivity contribution in [3.05, 3.63) is 53.6 Å². The quantitative estimate of drug-likeness (QED) is 0.652. The van der Waals surface area contributed by atoms with Gasteiger partial charge in [0, 0.05) is 17.6 Å². The summed E-state index contributed by atoms with van der Waals surface area (Å²) in [5, 5.41) is 12.9. The topological polar surface area (TPSA) is 81.6 Å². The summed E-state index contributed by atoms with van der Waals surface area (Å²) in [6.07, 6.45) is 0.0384. The van der Waals surface area contributed by atoms with Crippen LogP contribution in [0, 0.1) is 12.8 Å². The van der Waals surface area contributed by atoms with Crippen LogP contribution in [0.2, 0.25) is 0 Å². The lowest BCUT2D eigenvalue weighted by Gasteiger charge is -2.16. The van der Waals surface area contributed by atoms with Crippen molar-refractivity contribution in [2.45, 2.75) is 52.0 Å². The summed E-state index contributed by atoms with van der Waals surface area (Å²) in [5.41, 5.74) is 2.47. The summed E-state index contributed by atoms with van der Waals surface area (Å²) >= 11 is -2.24. The fraction of sp³-hybridized carbons (Fsp3) is 0.455. The van der Waals surface area contributed by atoms with Crippen molar-refractivity contribution in [1.82, 2.24) is 0 Å². The molecule has 2 atom stereocenters. The maximum absolute atomic E-state index is 10.9. The predicted octanol–water partition coefficient (Wildman–Crippen LogP) is 5.08. The molecule has 0 aromatic heterocycles. The molecule has 0 fully saturated rings. The number of ether oxygens (including phenoxy) is 1. The Hall–Kier alpha value is -1.89. The van der Waals surface area contributed by atoms with E-state index in [1.54, 1.807) is 32.2 Å². The van der Waals surface area contributed by atoms with E-state index in [0.717, 1.165) is 11.4 Å². The van der Waals surface area contributed by atoms with Crippen molar-refractivity contribution in [1.29, 1.82) is 0 Å². The molecule has 0 saturated carbocycles. The molecule has 2 unspecified atom stereocenters. The predicted molar refractivity (Wildman–Crippen MR) is 117 cm³/mol. The van der Waals surface area contributed by atoms with E-state index in [-0.39, 0.29) is 4.90 Å². The minimum absolute atomic E-state index is 0.264. The molecule has 0 aliphatic heterocycles. The van der Waals surface area contributed by atoms with E-state index in [2.05, 4.69) is 5.32 Å². The Labute approximate surface area is 172 Å². The monoisotopic (exact) mass is 408 g/mol. The minimum atomic E-state index is -2.24. The van der Waals surface area contributed by atoms with Gasteiger partial charge >= 0.3 is 0 Å². The Morgan fingerprint density at radius 3 is 2.14 bits per heavy atom. The molecule has 2 aromatic carbocycles. The molecule has 0 saturated heterocycles. The number of aliphatic hydroxyl groups is 1. The fourth-order valence-corrected chi connectivity index (χ4v) is 2.91. The van der Waals surface area contributed by atoms with Crippen LogP contribution in [0.3, 0.4) is 0 Å². The van der Waals surface area contributed by atoms with Gasteiger partial charge in [-0.2, -0.15) is 0 Å². The van der Waals surface area contributed by atoms with Crippen LogP contribution < -0.4 is 10.1 Å². The highest BCUT2D eigenvalue weighted by Crippen LogP contribution is 2.24. The van der Waals surface area contributed by atoms with E-state index >= 15 is 0 Å². The van der Waals surface area contributed by atoms with Crippen molar-refractivity contribution < 1.29 is 18.6 Å². The normalized spacial score (nSPS) is 12.1. The van der Waals surface area contributed by atoms with Gasteiger partial charge in [0.15, 0.2) is 0 Å². The maximum atomic E-state index is 10.9. The molecule has 0 bridgehead atoms. The molecule has 0 aliphatic carbocycles. The molecule has 2 rings (SSSR count). The number of benzene rings is 2. The molecule has 158 valence electrons. The smallest absolute Gasteiger partial charge is 0.119 e. The molecule has 2 N–H and O–H groups in total. The van der Waals surface area contributed by atoms with Crippen LogP contribution in [-0.4, -0.2) is 28.0 Å². The summed E-state index contributed by atoms with van der Waals surface area (Å²) in [7, 11) is 3.55. The molecule has 6 heteroatoms. The summed E-state index contributed by atoms with van der Waals surface area (Å²) in [6.45, 7) is 9.78. The first-order valence-electron chi connectivity index (χ1n) is 9.48. The van der Waals surface area contributed by atoms with Crippen LogP contribution >= 0.6 is 0 Å². The first kappa shape index (κ1) is 26.1. The molecule has 5 nitrogen and oxygen atoms in total. The minimum Gasteiger partial charge on any atom is -0.768 e. The highest BCUT2D eigenvalue weighted by molar-refractivity contribution is 7.79. The van der Waals surface area contributed by atoms with Gasteiger partial charge in [-0.25, -0.2) is 0 Å². The number of rotatable bonds is 6. The van der Waals surface area contributed by atoms with Crippen LogP contribution in [0.15, 0.2) is 47.4 Å². The molecule has 0 radical (unpaired) electrons. The average molecular weight is 409 g/mol. The molecule has 0 heterocycles. The van der Waals surface area contributed by atoms with Crippen molar-refractivity contribution in [2.75, 3.05) is 19.5 Å². The van der Waals surface area contributed by atoms with E-state index in [9.17, 15) is 13.9 Å². The number of aryl methyl sites for hydroxylation is 1. The van der Waals surface area contributed by atoms with Gasteiger partial charge in [0.25, 0.3) is 0 Å². The zero-order valence-corrected chi connectivity index (χ0v) is 18.8. The number of anilines is 1. The molecular weight excluding hydrogens is 374 g/mol. The zero-order valence-electron chi connectivity index (χ0n) is 18.0. The Balaban J connectivity index is 0.000000520. The number of hydrogen-bond acceptors (Lipinski definition) is 5. The van der Waals surface area contributed by atoms with Gasteiger partial charge in [0.05, 0.1) is 13.2 Å². The van der Waals surface area contributed by atoms with Crippen LogP contribution in [0.1, 0.15) is 51.3 Å². The third-order valence-corrected chi connectivity index (χ3v) is 4.65. The Bertz CT molecular complexity index is 679. The summed E-state index contributed by atoms with van der Waals surface area (Å²) in [4.78, 5) is 0.264. The van der Waals surface area contributed by atoms with E-state index in [4.69, 9.17) is 4.74 Å². The van der Waals surface area contributed by atoms with Crippen LogP contribution in [0.4, 0.5) is 5.69 Å². The first-order valence-corrected chi connectivity index (χ1v) is 10.6. The fourth-order valence-electron chi connectivity index (χ4n) is 2.34. The molecule has 0 amide bonds. The zero-order chi connectivity index (χ0) is 21.7. The van der Waals surface area contributed by atoms with Crippen molar-refractivity contribution in [3.63, 3.8) is 0 Å². The van der Waals surface area contributed by atoms with Gasteiger partial charge in [-0.3, -0.25) is 4.21 Å². The summed E-state index contributed by atoms with van der Waals surface area (Å²) in [6, 6.07) is 12.8. The van der Waals surface area contributed by atoms with E-state index in [1.165, 1.54) is 0 Å². The van der Waals surface area contributed by atoms with Gasteiger partial charge in [-0.05, 0) is 71.8 Å². The Kier molecular flexibility index (Phi) is 13.2. The maximum Gasteiger partial charge on any atom is 0.119 e. The van der Waals surface area contributed by atoms with E-state index in [1.807, 2.05) is 59.0 Å². The van der Waals surface area contributed by atoms with Crippen LogP contribution in [0.25, 0.3) is 0 Å². The lowest BCUT2D eigenvalue weighted by molar-refractivity contribution is 0.151. The van der Waals surface area contributed by atoms with Gasteiger partial charge in [0.2, 0.25) is 0 Å². The number of aliphatic hydroxyl groups excluding tert-OH is 1. The van der Waals surface area contributed by atoms with E-state index in [0.29, 0.717) is 23.5 Å². The van der Waals surface area contributed by atoms with Crippen molar-refractivity contribution in [2.24, 2.45) is 5.92 Å². The lowest BCUT2D eigenvalue weighted by Crippen LogP contribution is -2.03. The number of methoxy groups -OCH3 is 1. The van der Waals surface area contributed by atoms with Gasteiger partial charge in [-0.15, -0.1) is 0 Å². The molecule has 0 spiro atoms. The second kappa shape index (κ2) is 14.2. The lowest BCUT2D eigenvalue weighted by atomic mass is 9.99. The van der Waals surface area contributed by atoms with E-state index < -0.39 is 17.2 Å². The Morgan fingerprint density at radius 2 is 1.71 bits per heavy atom. The summed E-state index contributed by atoms with van der Waals surface area (Å²) < 4.78 is 26.9. The second-order valence-electron chi connectivity index (χ2n) is 6.38. The highest BCUT2D eigenvalue weighted by Gasteiger charge is 2.11. The summed E-state index contributed by atoms with van der Waals surface area (Å²) in [5.74, 6) is 1.26. The largest absolute Gasteiger partial charge is 0.768 e. The molecule has 2 aromatic rings. The average Bonchev–Trinajstić information content (AvgIpc) is 2.69. The number of hydrogen-bond donors (Lipinski definition) is 2. The van der Waals surface area contributed by atoms with Gasteiger partial charge < -0.3 is 19.7 Å². The molecule has 28 heavy (non-hydrogen) atoms. The second-order valence-corrected chi connectivity index (χ2v) is 7.29.